The zero-order valence-electron chi connectivity index (χ0n) is 10.4. The molecule has 0 amide bonds. The van der Waals surface area contributed by atoms with E-state index in [1.807, 2.05) is 0 Å². The number of esters is 1. The molecule has 7 heteroatoms. The fraction of sp³-hybridized carbons (Fsp3) is 0.231. The Hall–Kier alpha value is -1.89. The van der Waals surface area contributed by atoms with Gasteiger partial charge < -0.3 is 4.74 Å². The van der Waals surface area contributed by atoms with Crippen LogP contribution in [0.4, 0.5) is 13.2 Å². The lowest BCUT2D eigenvalue weighted by Crippen LogP contribution is -2.03. The number of benzene rings is 1. The lowest BCUT2D eigenvalue weighted by molar-refractivity contribution is -0.134. The molecule has 0 spiro atoms. The van der Waals surface area contributed by atoms with E-state index in [1.165, 1.54) is 12.1 Å². The van der Waals surface area contributed by atoms with Crippen LogP contribution in [-0.2, 0) is 10.9 Å². The number of aromatic nitrogens is 1. The minimum atomic E-state index is -4.56. The third-order valence-electron chi connectivity index (χ3n) is 2.38. The Labute approximate surface area is 117 Å². The maximum Gasteiger partial charge on any atom is 0.427 e. The molecule has 20 heavy (non-hydrogen) atoms. The van der Waals surface area contributed by atoms with Crippen molar-refractivity contribution in [2.24, 2.45) is 0 Å². The summed E-state index contributed by atoms with van der Waals surface area (Å²) in [5.74, 6) is -0.842. The molecule has 1 heterocycles. The Balaban J connectivity index is 2.52. The van der Waals surface area contributed by atoms with Gasteiger partial charge in [-0.15, -0.1) is 11.3 Å². The zero-order chi connectivity index (χ0) is 14.8. The normalized spacial score (nSPS) is 11.4. The topological polar surface area (TPSA) is 39.2 Å². The summed E-state index contributed by atoms with van der Waals surface area (Å²) in [6.07, 6.45) is -4.56. The molecule has 0 atom stereocenters. The third-order valence-corrected chi connectivity index (χ3v) is 3.46. The molecule has 0 N–H and O–H groups in total. The molecule has 0 aliphatic carbocycles. The Morgan fingerprint density at radius 2 is 1.95 bits per heavy atom. The summed E-state index contributed by atoms with van der Waals surface area (Å²) in [5.41, 5.74) is 0.0674. The molecule has 1 aromatic heterocycles. The molecular formula is C13H10F3NO2S. The highest BCUT2D eigenvalue weighted by Gasteiger charge is 2.38. The van der Waals surface area contributed by atoms with Crippen molar-refractivity contribution in [1.29, 1.82) is 0 Å². The smallest absolute Gasteiger partial charge is 0.427 e. The van der Waals surface area contributed by atoms with Gasteiger partial charge in [-0.25, -0.2) is 9.78 Å². The maximum atomic E-state index is 13.0. The summed E-state index contributed by atoms with van der Waals surface area (Å²) in [6, 6.07) is 7.94. The van der Waals surface area contributed by atoms with Gasteiger partial charge in [-0.05, 0) is 6.92 Å². The van der Waals surface area contributed by atoms with E-state index in [2.05, 4.69) is 9.72 Å². The Kier molecular flexibility index (Phi) is 4.08. The summed E-state index contributed by atoms with van der Waals surface area (Å²) in [7, 11) is 0. The molecule has 0 bridgehead atoms. The third kappa shape index (κ3) is 2.98. The number of alkyl halides is 3. The van der Waals surface area contributed by atoms with Gasteiger partial charge in [0.15, 0.2) is 0 Å². The number of hydrogen-bond donors (Lipinski definition) is 0. The average molecular weight is 301 g/mol. The van der Waals surface area contributed by atoms with Crippen molar-refractivity contribution in [2.45, 2.75) is 13.1 Å². The second-order valence-corrected chi connectivity index (χ2v) is 4.78. The highest BCUT2D eigenvalue weighted by atomic mass is 32.1. The van der Waals surface area contributed by atoms with Gasteiger partial charge in [-0.1, -0.05) is 30.3 Å². The van der Waals surface area contributed by atoms with Gasteiger partial charge in [0.05, 0.1) is 12.3 Å². The zero-order valence-corrected chi connectivity index (χ0v) is 11.2. The van der Waals surface area contributed by atoms with Gasteiger partial charge in [0.2, 0.25) is 5.01 Å². The van der Waals surface area contributed by atoms with Gasteiger partial charge in [0.1, 0.15) is 4.88 Å². The second kappa shape index (κ2) is 5.62. The molecule has 2 rings (SSSR count). The quantitative estimate of drug-likeness (QED) is 0.804. The first-order valence-corrected chi connectivity index (χ1v) is 6.55. The Bertz CT molecular complexity index is 608. The molecule has 0 fully saturated rings. The molecule has 2 aromatic rings. The molecule has 0 unspecified atom stereocenters. The highest BCUT2D eigenvalue weighted by Crippen LogP contribution is 2.40. The first kappa shape index (κ1) is 14.5. The van der Waals surface area contributed by atoms with Crippen LogP contribution in [0.25, 0.3) is 11.3 Å². The molecule has 0 saturated heterocycles. The van der Waals surface area contributed by atoms with Crippen molar-refractivity contribution >= 4 is 17.3 Å². The molecule has 106 valence electrons. The second-order valence-electron chi connectivity index (χ2n) is 3.78. The van der Waals surface area contributed by atoms with Crippen LogP contribution in [0.2, 0.25) is 0 Å². The van der Waals surface area contributed by atoms with Gasteiger partial charge in [-0.2, -0.15) is 13.2 Å². The van der Waals surface area contributed by atoms with Gasteiger partial charge in [0, 0.05) is 5.56 Å². The summed E-state index contributed by atoms with van der Waals surface area (Å²) in [5, 5.41) is -0.293. The first-order valence-electron chi connectivity index (χ1n) is 5.74. The van der Waals surface area contributed by atoms with Crippen LogP contribution < -0.4 is 0 Å². The molecule has 1 aromatic carbocycles. The number of hydrogen-bond acceptors (Lipinski definition) is 4. The number of ether oxygens (including phenoxy) is 1. The SMILES string of the molecule is CCOC(=O)c1nc(-c2ccccc2)c(C(F)(F)F)s1. The summed E-state index contributed by atoms with van der Waals surface area (Å²) >= 11 is 0.299. The Morgan fingerprint density at radius 3 is 2.50 bits per heavy atom. The number of rotatable bonds is 3. The maximum absolute atomic E-state index is 13.0. The molecule has 3 nitrogen and oxygen atoms in total. The van der Waals surface area contributed by atoms with Crippen LogP contribution >= 0.6 is 11.3 Å². The van der Waals surface area contributed by atoms with Crippen molar-refractivity contribution in [2.75, 3.05) is 6.61 Å². The molecule has 0 aliphatic heterocycles. The number of halogens is 3. The van der Waals surface area contributed by atoms with Gasteiger partial charge >= 0.3 is 12.1 Å². The molecule has 0 saturated carbocycles. The van der Waals surface area contributed by atoms with E-state index in [9.17, 15) is 18.0 Å². The lowest BCUT2D eigenvalue weighted by atomic mass is 10.1. The number of carbonyl (C=O) groups excluding carboxylic acids is 1. The van der Waals surface area contributed by atoms with Crippen molar-refractivity contribution in [3.05, 3.63) is 40.2 Å². The summed E-state index contributed by atoms with van der Waals surface area (Å²) < 4.78 is 43.7. The van der Waals surface area contributed by atoms with Crippen LogP contribution in [-0.4, -0.2) is 17.6 Å². The first-order chi connectivity index (χ1) is 9.43. The fourth-order valence-electron chi connectivity index (χ4n) is 1.58. The van der Waals surface area contributed by atoms with E-state index in [0.29, 0.717) is 16.9 Å². The minimum Gasteiger partial charge on any atom is -0.461 e. The summed E-state index contributed by atoms with van der Waals surface area (Å²) in [6.45, 7) is 1.66. The van der Waals surface area contributed by atoms with Crippen molar-refractivity contribution < 1.29 is 22.7 Å². The number of nitrogens with zero attached hydrogens (tertiary/aromatic N) is 1. The monoisotopic (exact) mass is 301 g/mol. The van der Waals surface area contributed by atoms with E-state index in [1.54, 1.807) is 25.1 Å². The van der Waals surface area contributed by atoms with Crippen molar-refractivity contribution in [3.8, 4) is 11.3 Å². The van der Waals surface area contributed by atoms with E-state index < -0.39 is 17.0 Å². The minimum absolute atomic E-state index is 0.0838. The van der Waals surface area contributed by atoms with Crippen LogP contribution in [0.15, 0.2) is 30.3 Å². The van der Waals surface area contributed by atoms with Crippen LogP contribution in [0, 0.1) is 0 Å². The molecule has 0 aliphatic rings. The molecular weight excluding hydrogens is 291 g/mol. The fourth-order valence-corrected chi connectivity index (χ4v) is 2.43. The predicted octanol–water partition coefficient (Wildman–Crippen LogP) is 4.01. The van der Waals surface area contributed by atoms with Crippen LogP contribution in [0.5, 0.6) is 0 Å². The number of carbonyl (C=O) groups is 1. The van der Waals surface area contributed by atoms with Crippen molar-refractivity contribution in [3.63, 3.8) is 0 Å². The van der Waals surface area contributed by atoms with E-state index in [-0.39, 0.29) is 17.3 Å². The van der Waals surface area contributed by atoms with E-state index >= 15 is 0 Å². The van der Waals surface area contributed by atoms with Crippen LogP contribution in [0.3, 0.4) is 0 Å². The summed E-state index contributed by atoms with van der Waals surface area (Å²) in [4.78, 5) is 14.4. The Morgan fingerprint density at radius 1 is 1.30 bits per heavy atom. The van der Waals surface area contributed by atoms with Crippen LogP contribution in [0.1, 0.15) is 21.6 Å². The van der Waals surface area contributed by atoms with Crippen molar-refractivity contribution in [1.82, 2.24) is 4.98 Å². The van der Waals surface area contributed by atoms with Gasteiger partial charge in [-0.3, -0.25) is 0 Å². The largest absolute Gasteiger partial charge is 0.461 e. The predicted molar refractivity (Wildman–Crippen MR) is 68.5 cm³/mol. The van der Waals surface area contributed by atoms with E-state index in [0.717, 1.165) is 0 Å². The highest BCUT2D eigenvalue weighted by molar-refractivity contribution is 7.14. The lowest BCUT2D eigenvalue weighted by Gasteiger charge is -2.05. The van der Waals surface area contributed by atoms with E-state index in [4.69, 9.17) is 0 Å². The number of thiazole rings is 1. The van der Waals surface area contributed by atoms with Gasteiger partial charge in [0.25, 0.3) is 0 Å². The standard InChI is InChI=1S/C13H10F3NO2S/c1-2-19-12(18)11-17-9(8-6-4-3-5-7-8)10(20-11)13(14,15)16/h3-7H,2H2,1H3. The average Bonchev–Trinajstić information content (AvgIpc) is 2.85. The molecule has 0 radical (unpaired) electrons.